The summed E-state index contributed by atoms with van der Waals surface area (Å²) < 4.78 is 28.7. The van der Waals surface area contributed by atoms with Gasteiger partial charge in [0.25, 0.3) is 10.0 Å². The molecule has 1 atom stereocenters. The van der Waals surface area contributed by atoms with E-state index in [4.69, 9.17) is 0 Å². The van der Waals surface area contributed by atoms with Crippen LogP contribution in [0, 0.1) is 26.7 Å². The third-order valence-electron chi connectivity index (χ3n) is 7.66. The normalized spacial score (nSPS) is 15.2. The number of nitrogens with one attached hydrogen (secondary N) is 1. The van der Waals surface area contributed by atoms with E-state index >= 15 is 0 Å². The van der Waals surface area contributed by atoms with Gasteiger partial charge in [-0.05, 0) is 93.5 Å². The van der Waals surface area contributed by atoms with Gasteiger partial charge < -0.3 is 10.2 Å². The van der Waals surface area contributed by atoms with Gasteiger partial charge in [0.2, 0.25) is 5.91 Å². The maximum absolute atomic E-state index is 13.7. The summed E-state index contributed by atoms with van der Waals surface area (Å²) in [4.78, 5) is 15.8. The number of amides is 1. The van der Waals surface area contributed by atoms with E-state index in [1.165, 1.54) is 22.8 Å². The molecule has 1 aliphatic rings. The second-order valence-corrected chi connectivity index (χ2v) is 12.5. The van der Waals surface area contributed by atoms with Crippen LogP contribution in [0.2, 0.25) is 0 Å². The average molecular weight is 534 g/mol. The molecule has 0 aromatic heterocycles. The van der Waals surface area contributed by atoms with Crippen molar-refractivity contribution in [3.05, 3.63) is 89.0 Å². The van der Waals surface area contributed by atoms with Crippen LogP contribution in [0.25, 0.3) is 0 Å². The van der Waals surface area contributed by atoms with Crippen LogP contribution in [0.15, 0.2) is 71.6 Å². The summed E-state index contributed by atoms with van der Waals surface area (Å²) in [6.45, 7) is 11.8. The first-order valence-corrected chi connectivity index (χ1v) is 14.8. The van der Waals surface area contributed by atoms with E-state index in [0.29, 0.717) is 5.69 Å². The Bertz CT molecular complexity index is 1360. The quantitative estimate of drug-likeness (QED) is 0.390. The lowest BCUT2D eigenvalue weighted by atomic mass is 9.98. The van der Waals surface area contributed by atoms with Crippen molar-refractivity contribution in [2.75, 3.05) is 28.8 Å². The fraction of sp³-hybridized carbons (Fsp3) is 0.387. The molecule has 1 heterocycles. The molecule has 38 heavy (non-hydrogen) atoms. The highest BCUT2D eigenvalue weighted by Gasteiger charge is 2.29. The Hall–Kier alpha value is -3.32. The second kappa shape index (κ2) is 11.6. The minimum atomic E-state index is -3.96. The number of aryl methyl sites for hydroxylation is 2. The largest absolute Gasteiger partial charge is 0.372 e. The van der Waals surface area contributed by atoms with Crippen LogP contribution in [0.5, 0.6) is 0 Å². The van der Waals surface area contributed by atoms with E-state index < -0.39 is 10.0 Å². The smallest absolute Gasteiger partial charge is 0.264 e. The number of hydrogen-bond acceptors (Lipinski definition) is 4. The van der Waals surface area contributed by atoms with Gasteiger partial charge in [-0.25, -0.2) is 8.42 Å². The third-order valence-corrected chi connectivity index (χ3v) is 9.43. The fourth-order valence-corrected chi connectivity index (χ4v) is 6.36. The number of anilines is 2. The number of sulfonamides is 1. The summed E-state index contributed by atoms with van der Waals surface area (Å²) in [5.41, 5.74) is 5.44. The van der Waals surface area contributed by atoms with Crippen LogP contribution in [0.3, 0.4) is 0 Å². The predicted molar refractivity (Wildman–Crippen MR) is 155 cm³/mol. The van der Waals surface area contributed by atoms with Crippen LogP contribution >= 0.6 is 0 Å². The lowest BCUT2D eigenvalue weighted by Gasteiger charge is -2.32. The summed E-state index contributed by atoms with van der Waals surface area (Å²) in [6.07, 6.45) is 2.41. The molecule has 0 saturated carbocycles. The van der Waals surface area contributed by atoms with E-state index in [9.17, 15) is 13.2 Å². The average Bonchev–Trinajstić information content (AvgIpc) is 2.90. The Morgan fingerprint density at radius 1 is 0.974 bits per heavy atom. The standard InChI is InChI=1S/C31H39N3O3S/c1-22-9-15-29(16-10-22)38(36,37)34(30-8-6-7-24(3)25(30)4)21-31(35)32-26(5)27-11-13-28(14-12-27)33-19-17-23(2)18-20-33/h6-16,23,26H,17-21H2,1-5H3,(H,32,35). The Balaban J connectivity index is 1.52. The molecule has 3 aromatic rings. The minimum absolute atomic E-state index is 0.160. The van der Waals surface area contributed by atoms with Gasteiger partial charge in [0.1, 0.15) is 6.54 Å². The summed E-state index contributed by atoms with van der Waals surface area (Å²) in [6, 6.07) is 20.3. The highest BCUT2D eigenvalue weighted by molar-refractivity contribution is 7.92. The maximum atomic E-state index is 13.7. The Labute approximate surface area is 227 Å². The SMILES string of the molecule is Cc1ccc(S(=O)(=O)N(CC(=O)NC(C)c2ccc(N3CCC(C)CC3)cc2)c2cccc(C)c2C)cc1. The number of hydrogen-bond donors (Lipinski definition) is 1. The lowest BCUT2D eigenvalue weighted by Crippen LogP contribution is -2.42. The van der Waals surface area contributed by atoms with Crippen LogP contribution in [-0.4, -0.2) is 34.0 Å². The van der Waals surface area contributed by atoms with Crippen LogP contribution in [0.4, 0.5) is 11.4 Å². The van der Waals surface area contributed by atoms with Crippen LogP contribution in [-0.2, 0) is 14.8 Å². The number of rotatable bonds is 8. The van der Waals surface area contributed by atoms with Gasteiger partial charge in [-0.15, -0.1) is 0 Å². The highest BCUT2D eigenvalue weighted by atomic mass is 32.2. The minimum Gasteiger partial charge on any atom is -0.372 e. The Morgan fingerprint density at radius 3 is 2.24 bits per heavy atom. The summed E-state index contributed by atoms with van der Waals surface area (Å²) in [5, 5.41) is 3.01. The Kier molecular flexibility index (Phi) is 8.46. The van der Waals surface area contributed by atoms with E-state index in [1.54, 1.807) is 30.3 Å². The van der Waals surface area contributed by atoms with Gasteiger partial charge in [0, 0.05) is 18.8 Å². The molecule has 0 spiro atoms. The molecule has 202 valence electrons. The van der Waals surface area contributed by atoms with Gasteiger partial charge >= 0.3 is 0 Å². The molecule has 1 fully saturated rings. The summed E-state index contributed by atoms with van der Waals surface area (Å²) in [7, 11) is -3.96. The van der Waals surface area contributed by atoms with E-state index in [-0.39, 0.29) is 23.4 Å². The van der Waals surface area contributed by atoms with Gasteiger partial charge in [-0.1, -0.05) is 48.9 Å². The molecule has 4 rings (SSSR count). The molecule has 1 unspecified atom stereocenters. The number of carbonyl (C=O) groups excluding carboxylic acids is 1. The highest BCUT2D eigenvalue weighted by Crippen LogP contribution is 2.29. The van der Waals surface area contributed by atoms with Crippen molar-refractivity contribution in [1.29, 1.82) is 0 Å². The monoisotopic (exact) mass is 533 g/mol. The molecule has 0 radical (unpaired) electrons. The van der Waals surface area contributed by atoms with Crippen LogP contribution in [0.1, 0.15) is 55.0 Å². The molecule has 1 amide bonds. The van der Waals surface area contributed by atoms with Crippen molar-refractivity contribution in [1.82, 2.24) is 5.32 Å². The number of carbonyl (C=O) groups is 1. The zero-order valence-corrected chi connectivity index (χ0v) is 23.9. The molecule has 7 heteroatoms. The number of piperidine rings is 1. The van der Waals surface area contributed by atoms with Crippen molar-refractivity contribution in [2.24, 2.45) is 5.92 Å². The van der Waals surface area contributed by atoms with Crippen molar-refractivity contribution < 1.29 is 13.2 Å². The first-order valence-electron chi connectivity index (χ1n) is 13.4. The molecule has 0 aliphatic carbocycles. The van der Waals surface area contributed by atoms with Crippen molar-refractivity contribution in [3.63, 3.8) is 0 Å². The lowest BCUT2D eigenvalue weighted by molar-refractivity contribution is -0.120. The molecule has 1 saturated heterocycles. The first kappa shape index (κ1) is 27.7. The molecule has 3 aromatic carbocycles. The molecular weight excluding hydrogens is 494 g/mol. The molecule has 0 bridgehead atoms. The predicted octanol–water partition coefficient (Wildman–Crippen LogP) is 5.92. The van der Waals surface area contributed by atoms with Gasteiger partial charge in [-0.3, -0.25) is 9.10 Å². The maximum Gasteiger partial charge on any atom is 0.264 e. The summed E-state index contributed by atoms with van der Waals surface area (Å²) in [5.74, 6) is 0.418. The molecule has 1 aliphatic heterocycles. The number of nitrogens with zero attached hydrogens (tertiary/aromatic N) is 2. The molecular formula is C31H39N3O3S. The topological polar surface area (TPSA) is 69.7 Å². The third kappa shape index (κ3) is 6.21. The van der Waals surface area contributed by atoms with Crippen molar-refractivity contribution in [3.8, 4) is 0 Å². The molecule has 6 nitrogen and oxygen atoms in total. The zero-order valence-electron chi connectivity index (χ0n) is 23.1. The fourth-order valence-electron chi connectivity index (χ4n) is 4.88. The zero-order chi connectivity index (χ0) is 27.4. The van der Waals surface area contributed by atoms with Crippen molar-refractivity contribution in [2.45, 2.75) is 58.4 Å². The molecule has 1 N–H and O–H groups in total. The second-order valence-electron chi connectivity index (χ2n) is 10.6. The van der Waals surface area contributed by atoms with Crippen molar-refractivity contribution >= 4 is 27.3 Å². The van der Waals surface area contributed by atoms with Gasteiger partial charge in [0.15, 0.2) is 0 Å². The van der Waals surface area contributed by atoms with E-state index in [0.717, 1.165) is 41.3 Å². The van der Waals surface area contributed by atoms with Gasteiger partial charge in [0.05, 0.1) is 16.6 Å². The summed E-state index contributed by atoms with van der Waals surface area (Å²) >= 11 is 0. The van der Waals surface area contributed by atoms with E-state index in [2.05, 4.69) is 29.3 Å². The first-order chi connectivity index (χ1) is 18.1. The van der Waals surface area contributed by atoms with Gasteiger partial charge in [-0.2, -0.15) is 0 Å². The van der Waals surface area contributed by atoms with Crippen LogP contribution < -0.4 is 14.5 Å². The Morgan fingerprint density at radius 2 is 1.61 bits per heavy atom. The number of benzene rings is 3. The van der Waals surface area contributed by atoms with E-state index in [1.807, 2.05) is 52.0 Å².